The van der Waals surface area contributed by atoms with E-state index in [9.17, 15) is 4.79 Å². The van der Waals surface area contributed by atoms with Crippen LogP contribution < -0.4 is 14.8 Å². The first-order chi connectivity index (χ1) is 15.7. The molecule has 0 spiro atoms. The first-order valence-electron chi connectivity index (χ1n) is 10.4. The molecule has 0 saturated heterocycles. The van der Waals surface area contributed by atoms with Crippen LogP contribution in [0.1, 0.15) is 16.7 Å². The van der Waals surface area contributed by atoms with E-state index >= 15 is 0 Å². The second-order valence-electron chi connectivity index (χ2n) is 7.98. The zero-order valence-corrected chi connectivity index (χ0v) is 17.7. The van der Waals surface area contributed by atoms with Gasteiger partial charge in [0.2, 0.25) is 5.91 Å². The number of methoxy groups -OCH3 is 2. The average molecular weight is 423 g/mol. The lowest BCUT2D eigenvalue weighted by atomic mass is 9.70. The lowest BCUT2D eigenvalue weighted by Gasteiger charge is -2.28. The Hall–Kier alpha value is -4.19. The van der Waals surface area contributed by atoms with Gasteiger partial charge in [0.05, 0.1) is 14.2 Å². The smallest absolute Gasteiger partial charge is 0.244 e. The minimum atomic E-state index is -1.05. The molecule has 0 atom stereocenters. The molecule has 1 aliphatic heterocycles. The maximum Gasteiger partial charge on any atom is 0.244 e. The van der Waals surface area contributed by atoms with Gasteiger partial charge in [0.15, 0.2) is 0 Å². The Bertz CT molecular complexity index is 1430. The van der Waals surface area contributed by atoms with Crippen molar-refractivity contribution in [2.24, 2.45) is 0 Å². The lowest BCUT2D eigenvalue weighted by molar-refractivity contribution is -0.118. The molecule has 6 heteroatoms. The number of carbonyl (C=O) groups excluding carboxylic acids is 1. The number of benzene rings is 3. The highest BCUT2D eigenvalue weighted by Gasteiger charge is 2.52. The molecule has 1 amide bonds. The monoisotopic (exact) mass is 423 g/mol. The fourth-order valence-electron chi connectivity index (χ4n) is 5.01. The van der Waals surface area contributed by atoms with Crippen LogP contribution in [-0.4, -0.2) is 30.1 Å². The maximum absolute atomic E-state index is 13.9. The number of H-pyrrole nitrogens is 2. The van der Waals surface area contributed by atoms with Gasteiger partial charge in [-0.05, 0) is 42.5 Å². The van der Waals surface area contributed by atoms with Crippen molar-refractivity contribution in [3.63, 3.8) is 0 Å². The Labute approximate surface area is 184 Å². The molecule has 0 saturated carbocycles. The van der Waals surface area contributed by atoms with E-state index in [-0.39, 0.29) is 5.91 Å². The highest BCUT2D eigenvalue weighted by Crippen LogP contribution is 2.51. The molecule has 5 aromatic rings. The van der Waals surface area contributed by atoms with Crippen LogP contribution in [0.25, 0.3) is 21.8 Å². The first-order valence-corrected chi connectivity index (χ1v) is 10.4. The zero-order chi connectivity index (χ0) is 21.9. The number of fused-ring (bicyclic) bond motifs is 3. The molecule has 3 aromatic carbocycles. The number of aromatic nitrogens is 2. The van der Waals surface area contributed by atoms with E-state index < -0.39 is 5.41 Å². The van der Waals surface area contributed by atoms with Crippen LogP contribution in [-0.2, 0) is 10.2 Å². The van der Waals surface area contributed by atoms with Crippen LogP contribution in [0.2, 0.25) is 0 Å². The quantitative estimate of drug-likeness (QED) is 0.383. The first kappa shape index (κ1) is 18.6. The predicted molar refractivity (Wildman–Crippen MR) is 125 cm³/mol. The molecule has 1 aliphatic rings. The number of hydrogen-bond donors (Lipinski definition) is 3. The lowest BCUT2D eigenvalue weighted by Crippen LogP contribution is -2.36. The number of anilines is 1. The summed E-state index contributed by atoms with van der Waals surface area (Å²) in [5.74, 6) is 1.38. The molecule has 6 nitrogen and oxygen atoms in total. The van der Waals surface area contributed by atoms with Gasteiger partial charge in [0.25, 0.3) is 0 Å². The maximum atomic E-state index is 13.9. The van der Waals surface area contributed by atoms with Crippen LogP contribution in [0.4, 0.5) is 5.69 Å². The molecular weight excluding hydrogens is 402 g/mol. The van der Waals surface area contributed by atoms with Gasteiger partial charge in [-0.2, -0.15) is 0 Å². The van der Waals surface area contributed by atoms with Crippen molar-refractivity contribution in [2.75, 3.05) is 19.5 Å². The fraction of sp³-hybridized carbons (Fsp3) is 0.115. The summed E-state index contributed by atoms with van der Waals surface area (Å²) >= 11 is 0. The third kappa shape index (κ3) is 2.32. The van der Waals surface area contributed by atoms with E-state index in [1.54, 1.807) is 14.2 Å². The third-order valence-electron chi connectivity index (χ3n) is 6.51. The number of nitrogens with one attached hydrogen (secondary N) is 3. The van der Waals surface area contributed by atoms with E-state index in [2.05, 4.69) is 15.3 Å². The highest BCUT2D eigenvalue weighted by molar-refractivity contribution is 6.15. The summed E-state index contributed by atoms with van der Waals surface area (Å²) in [6.45, 7) is 0. The second-order valence-corrected chi connectivity index (χ2v) is 7.98. The molecule has 0 unspecified atom stereocenters. The van der Waals surface area contributed by atoms with E-state index in [4.69, 9.17) is 9.47 Å². The Morgan fingerprint density at radius 3 is 1.84 bits per heavy atom. The summed E-state index contributed by atoms with van der Waals surface area (Å²) in [5, 5.41) is 5.00. The molecule has 0 aliphatic carbocycles. The number of rotatable bonds is 4. The molecule has 0 fully saturated rings. The van der Waals surface area contributed by atoms with Gasteiger partial charge in [-0.25, -0.2) is 0 Å². The molecule has 0 bridgehead atoms. The molecule has 2 aromatic heterocycles. The summed E-state index contributed by atoms with van der Waals surface area (Å²) < 4.78 is 11.0. The van der Waals surface area contributed by atoms with E-state index in [1.165, 1.54) is 0 Å². The summed E-state index contributed by atoms with van der Waals surface area (Å²) in [7, 11) is 3.29. The number of aromatic amines is 2. The minimum absolute atomic E-state index is 0.0915. The van der Waals surface area contributed by atoms with Crippen molar-refractivity contribution in [2.45, 2.75) is 5.41 Å². The topological polar surface area (TPSA) is 79.1 Å². The Morgan fingerprint density at radius 1 is 0.719 bits per heavy atom. The van der Waals surface area contributed by atoms with Crippen molar-refractivity contribution in [3.05, 3.63) is 89.7 Å². The fourth-order valence-corrected chi connectivity index (χ4v) is 5.01. The van der Waals surface area contributed by atoms with E-state index in [1.807, 2.05) is 73.1 Å². The Morgan fingerprint density at radius 2 is 1.28 bits per heavy atom. The van der Waals surface area contributed by atoms with Gasteiger partial charge in [-0.15, -0.1) is 0 Å². The van der Waals surface area contributed by atoms with Crippen LogP contribution >= 0.6 is 0 Å². The van der Waals surface area contributed by atoms with Gasteiger partial charge in [0.1, 0.15) is 16.9 Å². The summed E-state index contributed by atoms with van der Waals surface area (Å²) in [5.41, 5.74) is 4.30. The summed E-state index contributed by atoms with van der Waals surface area (Å²) in [6.07, 6.45) is 3.87. The van der Waals surface area contributed by atoms with Gasteiger partial charge < -0.3 is 24.8 Å². The number of hydrogen-bond acceptors (Lipinski definition) is 3. The average Bonchev–Trinajstić information content (AvgIpc) is 3.51. The minimum Gasteiger partial charge on any atom is -0.497 e. The van der Waals surface area contributed by atoms with Crippen molar-refractivity contribution in [3.8, 4) is 11.5 Å². The number of para-hydroxylation sites is 1. The van der Waals surface area contributed by atoms with Crippen LogP contribution in [0, 0.1) is 0 Å². The second kappa shape index (κ2) is 6.65. The van der Waals surface area contributed by atoms with Crippen molar-refractivity contribution < 1.29 is 14.3 Å². The van der Waals surface area contributed by atoms with Crippen LogP contribution in [0.15, 0.2) is 73.1 Å². The molecule has 32 heavy (non-hydrogen) atoms. The zero-order valence-electron chi connectivity index (χ0n) is 17.7. The predicted octanol–water partition coefficient (Wildman–Crippen LogP) is 4.95. The van der Waals surface area contributed by atoms with Crippen molar-refractivity contribution >= 4 is 33.4 Å². The number of amides is 1. The van der Waals surface area contributed by atoms with Crippen LogP contribution in [0.5, 0.6) is 11.5 Å². The molecule has 158 valence electrons. The molecular formula is C26H21N3O3. The van der Waals surface area contributed by atoms with Gasteiger partial charge >= 0.3 is 0 Å². The Balaban J connectivity index is 1.76. The largest absolute Gasteiger partial charge is 0.497 e. The summed E-state index contributed by atoms with van der Waals surface area (Å²) in [4.78, 5) is 20.7. The van der Waals surface area contributed by atoms with Crippen molar-refractivity contribution in [1.29, 1.82) is 0 Å². The number of ether oxygens (including phenoxy) is 2. The van der Waals surface area contributed by atoms with Crippen LogP contribution in [0.3, 0.4) is 0 Å². The van der Waals surface area contributed by atoms with E-state index in [0.29, 0.717) is 0 Å². The summed E-state index contributed by atoms with van der Waals surface area (Å²) in [6, 6.07) is 19.6. The van der Waals surface area contributed by atoms with Crippen molar-refractivity contribution in [1.82, 2.24) is 9.97 Å². The Kier molecular flexibility index (Phi) is 3.86. The molecule has 0 radical (unpaired) electrons. The molecule has 3 heterocycles. The third-order valence-corrected chi connectivity index (χ3v) is 6.51. The van der Waals surface area contributed by atoms with Gasteiger partial charge in [-0.1, -0.05) is 18.2 Å². The SMILES string of the molecule is COc1ccc2[nH]cc(C3(c4c[nH]c5ccc(OC)cc45)C(=O)Nc4ccccc43)c2c1. The standard InChI is InChI=1S/C26H21N3O3/c1-31-15-7-9-22-17(11-15)20(13-27-22)26(19-5-3-4-6-24(19)29-25(26)30)21-14-28-23-10-8-16(32-2)12-18(21)23/h3-14,27-28H,1-2H3,(H,29,30). The number of carbonyl (C=O) groups is 1. The highest BCUT2D eigenvalue weighted by atomic mass is 16.5. The molecule has 3 N–H and O–H groups in total. The molecule has 6 rings (SSSR count). The van der Waals surface area contributed by atoms with E-state index in [0.717, 1.165) is 55.7 Å². The van der Waals surface area contributed by atoms with Gasteiger partial charge in [0, 0.05) is 56.6 Å². The van der Waals surface area contributed by atoms with Gasteiger partial charge in [-0.3, -0.25) is 4.79 Å². The normalized spacial score (nSPS) is 14.5.